The highest BCUT2D eigenvalue weighted by Crippen LogP contribution is 2.21. The molecule has 0 aliphatic rings. The Labute approximate surface area is 126 Å². The third kappa shape index (κ3) is 2.90. The van der Waals surface area contributed by atoms with Crippen LogP contribution >= 0.6 is 11.6 Å². The SMILES string of the molecule is Cc1c(CNc2nc(-c3cccc(Cl)c3)no2)cnn1C. The molecule has 1 N–H and O–H groups in total. The molecule has 1 aromatic carbocycles. The van der Waals surface area contributed by atoms with Crippen molar-refractivity contribution in [2.45, 2.75) is 13.5 Å². The average molecular weight is 304 g/mol. The Morgan fingerprint density at radius 2 is 2.24 bits per heavy atom. The molecule has 3 aromatic rings. The smallest absolute Gasteiger partial charge is 0.322 e. The molecular weight excluding hydrogens is 290 g/mol. The van der Waals surface area contributed by atoms with Gasteiger partial charge in [0, 0.05) is 35.4 Å². The van der Waals surface area contributed by atoms with Gasteiger partial charge in [0.15, 0.2) is 0 Å². The molecule has 2 heterocycles. The Morgan fingerprint density at radius 3 is 2.95 bits per heavy atom. The molecule has 0 saturated carbocycles. The van der Waals surface area contributed by atoms with Crippen molar-refractivity contribution in [3.8, 4) is 11.4 Å². The van der Waals surface area contributed by atoms with Crippen molar-refractivity contribution in [3.05, 3.63) is 46.7 Å². The summed E-state index contributed by atoms with van der Waals surface area (Å²) in [4.78, 5) is 4.30. The van der Waals surface area contributed by atoms with Crippen molar-refractivity contribution < 1.29 is 4.52 Å². The third-order valence-corrected chi connectivity index (χ3v) is 3.51. The zero-order valence-corrected chi connectivity index (χ0v) is 12.4. The first-order chi connectivity index (χ1) is 10.1. The number of aryl methyl sites for hydroxylation is 1. The number of halogens is 1. The minimum Gasteiger partial charge on any atom is -0.334 e. The van der Waals surface area contributed by atoms with E-state index in [-0.39, 0.29) is 0 Å². The first-order valence-corrected chi connectivity index (χ1v) is 6.82. The summed E-state index contributed by atoms with van der Waals surface area (Å²) in [5, 5.41) is 11.9. The summed E-state index contributed by atoms with van der Waals surface area (Å²) in [6, 6.07) is 7.69. The van der Waals surface area contributed by atoms with Crippen LogP contribution in [0.15, 0.2) is 35.0 Å². The van der Waals surface area contributed by atoms with Crippen LogP contribution in [0.1, 0.15) is 11.3 Å². The largest absolute Gasteiger partial charge is 0.334 e. The molecule has 0 aliphatic carbocycles. The van der Waals surface area contributed by atoms with E-state index in [0.29, 0.717) is 23.4 Å². The maximum Gasteiger partial charge on any atom is 0.322 e. The van der Waals surface area contributed by atoms with Crippen LogP contribution in [0.25, 0.3) is 11.4 Å². The molecule has 108 valence electrons. The highest BCUT2D eigenvalue weighted by Gasteiger charge is 2.10. The van der Waals surface area contributed by atoms with Crippen LogP contribution in [-0.2, 0) is 13.6 Å². The molecule has 0 saturated heterocycles. The topological polar surface area (TPSA) is 68.8 Å². The standard InChI is InChI=1S/C14H14ClN5O/c1-9-11(8-17-20(9)2)7-16-14-18-13(19-21-14)10-4-3-5-12(15)6-10/h3-6,8H,7H2,1-2H3,(H,16,18,19). The van der Waals surface area contributed by atoms with Gasteiger partial charge in [-0.15, -0.1) is 0 Å². The molecule has 3 rings (SSSR count). The Balaban J connectivity index is 1.72. The second kappa shape index (κ2) is 5.57. The lowest BCUT2D eigenvalue weighted by Crippen LogP contribution is -2.01. The van der Waals surface area contributed by atoms with Gasteiger partial charge in [0.2, 0.25) is 5.82 Å². The van der Waals surface area contributed by atoms with Crippen LogP contribution in [0.4, 0.5) is 6.01 Å². The van der Waals surface area contributed by atoms with Crippen molar-refractivity contribution in [3.63, 3.8) is 0 Å². The van der Waals surface area contributed by atoms with Gasteiger partial charge in [-0.1, -0.05) is 28.9 Å². The van der Waals surface area contributed by atoms with Gasteiger partial charge in [0.1, 0.15) is 0 Å². The van der Waals surface area contributed by atoms with Crippen LogP contribution in [-0.4, -0.2) is 19.9 Å². The van der Waals surface area contributed by atoms with Crippen molar-refractivity contribution in [1.82, 2.24) is 19.9 Å². The van der Waals surface area contributed by atoms with Gasteiger partial charge in [-0.3, -0.25) is 4.68 Å². The van der Waals surface area contributed by atoms with E-state index in [1.165, 1.54) is 0 Å². The summed E-state index contributed by atoms with van der Waals surface area (Å²) in [5.41, 5.74) is 2.99. The number of hydrogen-bond donors (Lipinski definition) is 1. The van der Waals surface area contributed by atoms with Crippen LogP contribution in [0.5, 0.6) is 0 Å². The Kier molecular flexibility index (Phi) is 3.62. The number of nitrogens with one attached hydrogen (secondary N) is 1. The molecular formula is C14H14ClN5O. The number of benzene rings is 1. The lowest BCUT2D eigenvalue weighted by atomic mass is 10.2. The van der Waals surface area contributed by atoms with Crippen LogP contribution in [0, 0.1) is 6.92 Å². The highest BCUT2D eigenvalue weighted by molar-refractivity contribution is 6.30. The van der Waals surface area contributed by atoms with E-state index < -0.39 is 0 Å². The van der Waals surface area contributed by atoms with Crippen molar-refractivity contribution in [2.24, 2.45) is 7.05 Å². The van der Waals surface area contributed by atoms with Crippen LogP contribution in [0.3, 0.4) is 0 Å². The lowest BCUT2D eigenvalue weighted by molar-refractivity contribution is 0.432. The fourth-order valence-electron chi connectivity index (χ4n) is 1.93. The highest BCUT2D eigenvalue weighted by atomic mass is 35.5. The maximum absolute atomic E-state index is 5.95. The van der Waals surface area contributed by atoms with E-state index in [0.717, 1.165) is 16.8 Å². The van der Waals surface area contributed by atoms with Crippen molar-refractivity contribution >= 4 is 17.6 Å². The molecule has 0 bridgehead atoms. The predicted octanol–water partition coefficient (Wildman–Crippen LogP) is 3.04. The first-order valence-electron chi connectivity index (χ1n) is 6.44. The monoisotopic (exact) mass is 303 g/mol. The molecule has 0 amide bonds. The van der Waals surface area contributed by atoms with E-state index in [9.17, 15) is 0 Å². The van der Waals surface area contributed by atoms with E-state index in [1.807, 2.05) is 37.0 Å². The molecule has 2 aromatic heterocycles. The fourth-order valence-corrected chi connectivity index (χ4v) is 2.12. The van der Waals surface area contributed by atoms with Crippen LogP contribution < -0.4 is 5.32 Å². The number of aromatic nitrogens is 4. The molecule has 0 atom stereocenters. The van der Waals surface area contributed by atoms with Gasteiger partial charge >= 0.3 is 6.01 Å². The minimum atomic E-state index is 0.369. The number of anilines is 1. The van der Waals surface area contributed by atoms with Gasteiger partial charge in [-0.05, 0) is 19.1 Å². The van der Waals surface area contributed by atoms with Gasteiger partial charge < -0.3 is 9.84 Å². The van der Waals surface area contributed by atoms with Gasteiger partial charge in [0.25, 0.3) is 0 Å². The molecule has 0 aliphatic heterocycles. The fraction of sp³-hybridized carbons (Fsp3) is 0.214. The molecule has 21 heavy (non-hydrogen) atoms. The number of rotatable bonds is 4. The normalized spacial score (nSPS) is 10.8. The Hall–Kier alpha value is -2.34. The van der Waals surface area contributed by atoms with Crippen LogP contribution in [0.2, 0.25) is 5.02 Å². The molecule has 0 unspecified atom stereocenters. The van der Waals surface area contributed by atoms with Crippen molar-refractivity contribution in [2.75, 3.05) is 5.32 Å². The summed E-state index contributed by atoms with van der Waals surface area (Å²) in [7, 11) is 1.91. The minimum absolute atomic E-state index is 0.369. The maximum atomic E-state index is 5.95. The van der Waals surface area contributed by atoms with E-state index in [1.54, 1.807) is 12.1 Å². The second-order valence-corrected chi connectivity index (χ2v) is 5.10. The molecule has 6 nitrogen and oxygen atoms in total. The van der Waals surface area contributed by atoms with Gasteiger partial charge in [0.05, 0.1) is 6.20 Å². The second-order valence-electron chi connectivity index (χ2n) is 4.67. The Morgan fingerprint density at radius 1 is 1.38 bits per heavy atom. The van der Waals surface area contributed by atoms with Crippen molar-refractivity contribution in [1.29, 1.82) is 0 Å². The van der Waals surface area contributed by atoms with E-state index >= 15 is 0 Å². The van der Waals surface area contributed by atoms with E-state index in [2.05, 4.69) is 20.6 Å². The summed E-state index contributed by atoms with van der Waals surface area (Å²) in [5.74, 6) is 0.503. The van der Waals surface area contributed by atoms with Gasteiger partial charge in [-0.2, -0.15) is 10.1 Å². The summed E-state index contributed by atoms with van der Waals surface area (Å²) < 4.78 is 7.01. The molecule has 0 spiro atoms. The third-order valence-electron chi connectivity index (χ3n) is 3.28. The Bertz CT molecular complexity index is 764. The molecule has 7 heteroatoms. The summed E-state index contributed by atoms with van der Waals surface area (Å²) in [6.07, 6.45) is 1.82. The summed E-state index contributed by atoms with van der Waals surface area (Å²) in [6.45, 7) is 2.59. The average Bonchev–Trinajstić information content (AvgIpc) is 3.06. The number of nitrogens with zero attached hydrogens (tertiary/aromatic N) is 4. The summed E-state index contributed by atoms with van der Waals surface area (Å²) >= 11 is 5.95. The quantitative estimate of drug-likeness (QED) is 0.802. The molecule has 0 fully saturated rings. The predicted molar refractivity (Wildman–Crippen MR) is 80.0 cm³/mol. The lowest BCUT2D eigenvalue weighted by Gasteiger charge is -2.00. The van der Waals surface area contributed by atoms with E-state index in [4.69, 9.17) is 16.1 Å². The zero-order chi connectivity index (χ0) is 14.8. The zero-order valence-electron chi connectivity index (χ0n) is 11.7. The van der Waals surface area contributed by atoms with Gasteiger partial charge in [-0.25, -0.2) is 0 Å². The first kappa shape index (κ1) is 13.6. The number of hydrogen-bond acceptors (Lipinski definition) is 5. The molecule has 0 radical (unpaired) electrons.